The van der Waals surface area contributed by atoms with Crippen molar-refractivity contribution in [2.75, 3.05) is 20.3 Å². The average Bonchev–Trinajstić information content (AvgIpc) is 3.39. The molecule has 1 atom stereocenters. The lowest BCUT2D eigenvalue weighted by atomic mass is 10.1. The van der Waals surface area contributed by atoms with E-state index in [4.69, 9.17) is 9.47 Å². The van der Waals surface area contributed by atoms with E-state index in [0.717, 1.165) is 49.1 Å². The van der Waals surface area contributed by atoms with Crippen LogP contribution in [0.1, 0.15) is 43.6 Å². The molecule has 0 aliphatic carbocycles. The van der Waals surface area contributed by atoms with E-state index in [9.17, 15) is 0 Å². The molecule has 1 saturated heterocycles. The average molecular weight is 414 g/mol. The highest BCUT2D eigenvalue weighted by Gasteiger charge is 2.17. The number of aliphatic imine (C=N–C) groups is 1. The number of hydrogen-bond acceptors (Lipinski definition) is 4. The molecule has 1 unspecified atom stereocenters. The SMILES string of the molecule is CN=C(NCc1ccc(C)cc1OCC1CCCO1)NCc1nccn1CC(C)C. The smallest absolute Gasteiger partial charge is 0.191 e. The molecule has 2 N–H and O–H groups in total. The van der Waals surface area contributed by atoms with E-state index >= 15 is 0 Å². The Balaban J connectivity index is 1.55. The fourth-order valence-corrected chi connectivity index (χ4v) is 3.53. The summed E-state index contributed by atoms with van der Waals surface area (Å²) in [7, 11) is 1.78. The van der Waals surface area contributed by atoms with E-state index in [-0.39, 0.29) is 6.10 Å². The molecule has 3 rings (SSSR count). The Labute approximate surface area is 179 Å². The van der Waals surface area contributed by atoms with Gasteiger partial charge in [-0.15, -0.1) is 0 Å². The lowest BCUT2D eigenvalue weighted by molar-refractivity contribution is 0.0676. The largest absolute Gasteiger partial charge is 0.491 e. The van der Waals surface area contributed by atoms with Gasteiger partial charge < -0.3 is 24.7 Å². The molecule has 2 aromatic rings. The molecule has 164 valence electrons. The van der Waals surface area contributed by atoms with Gasteiger partial charge in [0.05, 0.1) is 12.6 Å². The molecule has 1 aliphatic rings. The fraction of sp³-hybridized carbons (Fsp3) is 0.565. The Morgan fingerprint density at radius 1 is 1.33 bits per heavy atom. The molecule has 7 heteroatoms. The molecule has 30 heavy (non-hydrogen) atoms. The highest BCUT2D eigenvalue weighted by molar-refractivity contribution is 5.79. The van der Waals surface area contributed by atoms with Crippen LogP contribution in [0.2, 0.25) is 0 Å². The predicted molar refractivity (Wildman–Crippen MR) is 120 cm³/mol. The summed E-state index contributed by atoms with van der Waals surface area (Å²) in [5.41, 5.74) is 2.28. The molecule has 2 heterocycles. The summed E-state index contributed by atoms with van der Waals surface area (Å²) in [5, 5.41) is 6.74. The van der Waals surface area contributed by atoms with Crippen LogP contribution in [0.3, 0.4) is 0 Å². The van der Waals surface area contributed by atoms with Crippen molar-refractivity contribution in [3.8, 4) is 5.75 Å². The molecular weight excluding hydrogens is 378 g/mol. The van der Waals surface area contributed by atoms with Crippen molar-refractivity contribution in [3.63, 3.8) is 0 Å². The zero-order chi connectivity index (χ0) is 21.3. The molecule has 1 aliphatic heterocycles. The minimum atomic E-state index is 0.204. The molecule has 7 nitrogen and oxygen atoms in total. The number of guanidine groups is 1. The van der Waals surface area contributed by atoms with E-state index in [1.54, 1.807) is 7.05 Å². The second-order valence-corrected chi connectivity index (χ2v) is 8.23. The minimum absolute atomic E-state index is 0.204. The number of aryl methyl sites for hydroxylation is 1. The summed E-state index contributed by atoms with van der Waals surface area (Å²) in [6.07, 6.45) is 6.27. The standard InChI is InChI=1S/C23H35N5O2/c1-17(2)15-28-10-9-25-22(28)14-27-23(24-4)26-13-19-8-7-18(3)12-21(19)30-16-20-6-5-11-29-20/h7-10,12,17,20H,5-6,11,13-16H2,1-4H3,(H2,24,26,27). The van der Waals surface area contributed by atoms with Crippen molar-refractivity contribution in [2.45, 2.75) is 59.4 Å². The predicted octanol–water partition coefficient (Wildman–Crippen LogP) is 3.27. The molecule has 1 aromatic heterocycles. The number of aromatic nitrogens is 2. The van der Waals surface area contributed by atoms with Gasteiger partial charge in [-0.1, -0.05) is 26.0 Å². The van der Waals surface area contributed by atoms with Gasteiger partial charge in [0.25, 0.3) is 0 Å². The fourth-order valence-electron chi connectivity index (χ4n) is 3.53. The Morgan fingerprint density at radius 3 is 2.90 bits per heavy atom. The first kappa shape index (κ1) is 22.2. The van der Waals surface area contributed by atoms with Crippen LogP contribution in [0.25, 0.3) is 0 Å². The van der Waals surface area contributed by atoms with Gasteiger partial charge >= 0.3 is 0 Å². The number of nitrogens with one attached hydrogen (secondary N) is 2. The van der Waals surface area contributed by atoms with Crippen LogP contribution in [0.15, 0.2) is 35.6 Å². The molecular formula is C23H35N5O2. The molecule has 0 saturated carbocycles. The third-order valence-corrected chi connectivity index (χ3v) is 5.12. The molecule has 0 spiro atoms. The summed E-state index contributed by atoms with van der Waals surface area (Å²) in [6.45, 7) is 10.1. The molecule has 0 radical (unpaired) electrons. The third-order valence-electron chi connectivity index (χ3n) is 5.12. The molecule has 1 aromatic carbocycles. The number of nitrogens with zero attached hydrogens (tertiary/aromatic N) is 3. The van der Waals surface area contributed by atoms with Gasteiger partial charge in [0.2, 0.25) is 0 Å². The summed E-state index contributed by atoms with van der Waals surface area (Å²) in [4.78, 5) is 8.81. The van der Waals surface area contributed by atoms with Crippen LogP contribution in [-0.2, 0) is 24.4 Å². The highest BCUT2D eigenvalue weighted by Crippen LogP contribution is 2.22. The second kappa shape index (κ2) is 11.0. The monoisotopic (exact) mass is 413 g/mol. The van der Waals surface area contributed by atoms with Crippen LogP contribution in [0.5, 0.6) is 5.75 Å². The minimum Gasteiger partial charge on any atom is -0.491 e. The number of benzene rings is 1. The van der Waals surface area contributed by atoms with Crippen molar-refractivity contribution in [1.29, 1.82) is 0 Å². The van der Waals surface area contributed by atoms with E-state index < -0.39 is 0 Å². The Bertz CT molecular complexity index is 825. The van der Waals surface area contributed by atoms with Gasteiger partial charge in [0, 0.05) is 44.7 Å². The van der Waals surface area contributed by atoms with Gasteiger partial charge in [-0.2, -0.15) is 0 Å². The topological polar surface area (TPSA) is 72.7 Å². The number of imidazole rings is 1. The Kier molecular flexibility index (Phi) is 8.13. The summed E-state index contributed by atoms with van der Waals surface area (Å²) >= 11 is 0. The maximum Gasteiger partial charge on any atom is 0.191 e. The Hall–Kier alpha value is -2.54. The van der Waals surface area contributed by atoms with E-state index in [1.165, 1.54) is 5.56 Å². The lowest BCUT2D eigenvalue weighted by Gasteiger charge is -2.17. The maximum absolute atomic E-state index is 6.10. The molecule has 0 amide bonds. The van der Waals surface area contributed by atoms with Crippen molar-refractivity contribution in [3.05, 3.63) is 47.5 Å². The first-order valence-electron chi connectivity index (χ1n) is 10.8. The normalized spacial score (nSPS) is 16.8. The van der Waals surface area contributed by atoms with Crippen molar-refractivity contribution < 1.29 is 9.47 Å². The van der Waals surface area contributed by atoms with E-state index in [1.807, 2.05) is 12.4 Å². The van der Waals surface area contributed by atoms with Crippen LogP contribution in [0, 0.1) is 12.8 Å². The highest BCUT2D eigenvalue weighted by atomic mass is 16.5. The van der Waals surface area contributed by atoms with E-state index in [0.29, 0.717) is 25.6 Å². The first-order chi connectivity index (χ1) is 14.5. The van der Waals surface area contributed by atoms with Crippen LogP contribution < -0.4 is 15.4 Å². The maximum atomic E-state index is 6.10. The zero-order valence-electron chi connectivity index (χ0n) is 18.6. The number of hydrogen-bond donors (Lipinski definition) is 2. The van der Waals surface area contributed by atoms with Gasteiger partial charge in [-0.3, -0.25) is 4.99 Å². The van der Waals surface area contributed by atoms with Gasteiger partial charge in [0.15, 0.2) is 5.96 Å². The van der Waals surface area contributed by atoms with Gasteiger partial charge in [-0.05, 0) is 37.3 Å². The van der Waals surface area contributed by atoms with Crippen LogP contribution in [0.4, 0.5) is 0 Å². The summed E-state index contributed by atoms with van der Waals surface area (Å²) in [5.74, 6) is 3.22. The third kappa shape index (κ3) is 6.49. The molecule has 1 fully saturated rings. The second-order valence-electron chi connectivity index (χ2n) is 8.23. The lowest BCUT2D eigenvalue weighted by Crippen LogP contribution is -2.37. The summed E-state index contributed by atoms with van der Waals surface area (Å²) < 4.78 is 14.0. The molecule has 0 bridgehead atoms. The Morgan fingerprint density at radius 2 is 2.17 bits per heavy atom. The van der Waals surface area contributed by atoms with Gasteiger partial charge in [0.1, 0.15) is 18.2 Å². The first-order valence-corrected chi connectivity index (χ1v) is 10.8. The van der Waals surface area contributed by atoms with Crippen LogP contribution >= 0.6 is 0 Å². The van der Waals surface area contributed by atoms with Crippen molar-refractivity contribution in [1.82, 2.24) is 20.2 Å². The summed E-state index contributed by atoms with van der Waals surface area (Å²) in [6, 6.07) is 6.30. The van der Waals surface area contributed by atoms with Crippen molar-refractivity contribution in [2.24, 2.45) is 10.9 Å². The van der Waals surface area contributed by atoms with Crippen molar-refractivity contribution >= 4 is 5.96 Å². The number of ether oxygens (including phenoxy) is 2. The zero-order valence-corrected chi connectivity index (χ0v) is 18.6. The quantitative estimate of drug-likeness (QED) is 0.488. The van der Waals surface area contributed by atoms with Crippen LogP contribution in [-0.4, -0.2) is 41.9 Å². The number of rotatable bonds is 9. The van der Waals surface area contributed by atoms with Gasteiger partial charge in [-0.25, -0.2) is 4.98 Å². The van der Waals surface area contributed by atoms with E-state index in [2.05, 4.69) is 64.1 Å².